The molecule has 2 nitrogen and oxygen atoms in total. The average Bonchev–Trinajstić information content (AvgIpc) is 2.40. The van der Waals surface area contributed by atoms with Gasteiger partial charge in [-0.25, -0.2) is 0 Å². The van der Waals surface area contributed by atoms with Crippen LogP contribution in [0, 0.1) is 5.21 Å². The molecule has 2 heteroatoms. The third kappa shape index (κ3) is 3.08. The Balaban J connectivity index is 2.12. The molecule has 0 fully saturated rings. The molecule has 2 rings (SSSR count). The molecular formula is C16H15NO. The molecule has 0 aliphatic carbocycles. The lowest BCUT2D eigenvalue weighted by Crippen LogP contribution is -1.92. The Kier molecular flexibility index (Phi) is 3.92. The molecule has 0 aromatic heterocycles. The van der Waals surface area contributed by atoms with Crippen molar-refractivity contribution in [3.05, 3.63) is 77.0 Å². The molecule has 0 aliphatic rings. The molecule has 2 aromatic rings. The first-order chi connectivity index (χ1) is 8.77. The van der Waals surface area contributed by atoms with Gasteiger partial charge in [-0.3, -0.25) is 0 Å². The standard InChI is InChI=1S/C16H15NO/c1-17(18)16-13-6-5-11-15(16)12-7-10-14-8-3-2-4-9-14/h2-9,11-13H,1,10H2. The molecular weight excluding hydrogens is 222 g/mol. The van der Waals surface area contributed by atoms with Gasteiger partial charge in [0.15, 0.2) is 0 Å². The van der Waals surface area contributed by atoms with Crippen LogP contribution in [-0.2, 0) is 6.42 Å². The number of benzene rings is 2. The highest BCUT2D eigenvalue weighted by Crippen LogP contribution is 2.18. The molecule has 0 saturated carbocycles. The van der Waals surface area contributed by atoms with Crippen molar-refractivity contribution >= 4 is 18.5 Å². The maximum atomic E-state index is 11.3. The van der Waals surface area contributed by atoms with Crippen LogP contribution in [0.1, 0.15) is 11.1 Å². The monoisotopic (exact) mass is 237 g/mol. The maximum absolute atomic E-state index is 11.3. The Hall–Kier alpha value is -2.35. The van der Waals surface area contributed by atoms with Crippen LogP contribution in [0.5, 0.6) is 0 Å². The summed E-state index contributed by atoms with van der Waals surface area (Å²) < 4.78 is 0.641. The number of hydrogen-bond donors (Lipinski definition) is 0. The topological polar surface area (TPSA) is 26.1 Å². The molecule has 0 aliphatic heterocycles. The van der Waals surface area contributed by atoms with Crippen LogP contribution in [0.15, 0.2) is 60.7 Å². The van der Waals surface area contributed by atoms with Crippen molar-refractivity contribution in [3.8, 4) is 0 Å². The van der Waals surface area contributed by atoms with Crippen molar-refractivity contribution in [1.82, 2.24) is 0 Å². The van der Waals surface area contributed by atoms with Gasteiger partial charge in [-0.1, -0.05) is 54.6 Å². The predicted molar refractivity (Wildman–Crippen MR) is 76.0 cm³/mol. The minimum absolute atomic E-state index is 0.585. The largest absolute Gasteiger partial charge is 0.619 e. The SMILES string of the molecule is C=[N+]([O-])c1ccccc1C=CCc1ccccc1. The number of hydrogen-bond acceptors (Lipinski definition) is 1. The molecule has 90 valence electrons. The Morgan fingerprint density at radius 2 is 1.67 bits per heavy atom. The van der Waals surface area contributed by atoms with E-state index >= 15 is 0 Å². The molecule has 0 N–H and O–H groups in total. The van der Waals surface area contributed by atoms with Gasteiger partial charge < -0.3 is 5.21 Å². The van der Waals surface area contributed by atoms with E-state index in [0.29, 0.717) is 10.4 Å². The number of nitrogens with zero attached hydrogens (tertiary/aromatic N) is 1. The molecule has 0 spiro atoms. The Morgan fingerprint density at radius 1 is 1.00 bits per heavy atom. The minimum Gasteiger partial charge on any atom is -0.619 e. The van der Waals surface area contributed by atoms with Crippen molar-refractivity contribution in [2.45, 2.75) is 6.42 Å². The van der Waals surface area contributed by atoms with E-state index in [9.17, 15) is 5.21 Å². The van der Waals surface area contributed by atoms with Gasteiger partial charge in [0.2, 0.25) is 5.69 Å². The fraction of sp³-hybridized carbons (Fsp3) is 0.0625. The van der Waals surface area contributed by atoms with Crippen LogP contribution in [0.4, 0.5) is 5.69 Å². The van der Waals surface area contributed by atoms with Crippen molar-refractivity contribution in [3.63, 3.8) is 0 Å². The summed E-state index contributed by atoms with van der Waals surface area (Å²) in [5.41, 5.74) is 2.72. The second kappa shape index (κ2) is 5.82. The normalized spacial score (nSPS) is 10.7. The van der Waals surface area contributed by atoms with Gasteiger partial charge in [-0.05, 0) is 18.1 Å². The summed E-state index contributed by atoms with van der Waals surface area (Å²) in [6.45, 7) is 3.38. The molecule has 0 bridgehead atoms. The Labute approximate surface area is 107 Å². The van der Waals surface area contributed by atoms with Crippen molar-refractivity contribution in [2.75, 3.05) is 0 Å². The van der Waals surface area contributed by atoms with E-state index in [4.69, 9.17) is 0 Å². The highest BCUT2D eigenvalue weighted by molar-refractivity contribution is 5.61. The van der Waals surface area contributed by atoms with Crippen LogP contribution in [-0.4, -0.2) is 11.5 Å². The Bertz CT molecular complexity index is 558. The lowest BCUT2D eigenvalue weighted by atomic mass is 10.1. The van der Waals surface area contributed by atoms with Gasteiger partial charge in [-0.15, -0.1) is 0 Å². The third-order valence-electron chi connectivity index (χ3n) is 2.70. The van der Waals surface area contributed by atoms with Gasteiger partial charge in [0, 0.05) is 11.6 Å². The average molecular weight is 237 g/mol. The molecule has 0 amide bonds. The summed E-state index contributed by atoms with van der Waals surface area (Å²) in [4.78, 5) is 0. The van der Waals surface area contributed by atoms with Crippen molar-refractivity contribution in [2.24, 2.45) is 0 Å². The first kappa shape index (κ1) is 12.1. The number of allylic oxidation sites excluding steroid dienone is 1. The molecule has 0 saturated heterocycles. The van der Waals surface area contributed by atoms with Gasteiger partial charge in [0.05, 0.1) is 0 Å². The fourth-order valence-corrected chi connectivity index (χ4v) is 1.79. The van der Waals surface area contributed by atoms with Crippen LogP contribution in [0.3, 0.4) is 0 Å². The lowest BCUT2D eigenvalue weighted by Gasteiger charge is -2.03. The van der Waals surface area contributed by atoms with E-state index in [1.165, 1.54) is 5.56 Å². The van der Waals surface area contributed by atoms with Gasteiger partial charge in [-0.2, -0.15) is 4.74 Å². The molecule has 2 aromatic carbocycles. The van der Waals surface area contributed by atoms with E-state index in [1.807, 2.05) is 42.5 Å². The zero-order valence-electron chi connectivity index (χ0n) is 10.1. The number of para-hydroxylation sites is 1. The molecule has 0 radical (unpaired) electrons. The summed E-state index contributed by atoms with van der Waals surface area (Å²) in [6, 6.07) is 17.6. The van der Waals surface area contributed by atoms with E-state index in [2.05, 4.69) is 24.9 Å². The van der Waals surface area contributed by atoms with Crippen LogP contribution < -0.4 is 0 Å². The van der Waals surface area contributed by atoms with Crippen molar-refractivity contribution in [1.29, 1.82) is 0 Å². The Morgan fingerprint density at radius 3 is 2.39 bits per heavy atom. The highest BCUT2D eigenvalue weighted by Gasteiger charge is 2.03. The fourth-order valence-electron chi connectivity index (χ4n) is 1.79. The first-order valence-corrected chi connectivity index (χ1v) is 5.84. The van der Waals surface area contributed by atoms with Gasteiger partial charge >= 0.3 is 0 Å². The molecule has 0 atom stereocenters. The van der Waals surface area contributed by atoms with E-state index in [1.54, 1.807) is 6.07 Å². The highest BCUT2D eigenvalue weighted by atomic mass is 16.5. The summed E-state index contributed by atoms with van der Waals surface area (Å²) in [5.74, 6) is 0. The van der Waals surface area contributed by atoms with Crippen LogP contribution in [0.2, 0.25) is 0 Å². The first-order valence-electron chi connectivity index (χ1n) is 5.84. The van der Waals surface area contributed by atoms with Crippen molar-refractivity contribution < 1.29 is 4.74 Å². The summed E-state index contributed by atoms with van der Waals surface area (Å²) >= 11 is 0. The second-order valence-corrected chi connectivity index (χ2v) is 4.03. The van der Waals surface area contributed by atoms with E-state index < -0.39 is 0 Å². The lowest BCUT2D eigenvalue weighted by molar-refractivity contribution is -0.350. The zero-order valence-corrected chi connectivity index (χ0v) is 10.1. The minimum atomic E-state index is 0.585. The summed E-state index contributed by atoms with van der Waals surface area (Å²) in [6.07, 6.45) is 4.86. The molecule has 0 heterocycles. The third-order valence-corrected chi connectivity index (χ3v) is 2.70. The van der Waals surface area contributed by atoms with E-state index in [0.717, 1.165) is 12.0 Å². The maximum Gasteiger partial charge on any atom is 0.223 e. The predicted octanol–water partition coefficient (Wildman–Crippen LogP) is 3.78. The van der Waals surface area contributed by atoms with Gasteiger partial charge in [0.25, 0.3) is 0 Å². The van der Waals surface area contributed by atoms with Crippen LogP contribution in [0.25, 0.3) is 6.08 Å². The summed E-state index contributed by atoms with van der Waals surface area (Å²) in [7, 11) is 0. The number of rotatable bonds is 4. The van der Waals surface area contributed by atoms with E-state index in [-0.39, 0.29) is 0 Å². The van der Waals surface area contributed by atoms with Gasteiger partial charge in [0.1, 0.15) is 6.72 Å². The summed E-state index contributed by atoms with van der Waals surface area (Å²) in [5, 5.41) is 11.3. The molecule has 18 heavy (non-hydrogen) atoms. The zero-order chi connectivity index (χ0) is 12.8. The molecule has 0 unspecified atom stereocenters. The quantitative estimate of drug-likeness (QED) is 0.344. The smallest absolute Gasteiger partial charge is 0.223 e. The van der Waals surface area contributed by atoms with Crippen LogP contribution >= 0.6 is 0 Å². The second-order valence-electron chi connectivity index (χ2n) is 4.03.